The van der Waals surface area contributed by atoms with E-state index in [9.17, 15) is 18.7 Å². The molecule has 3 aromatic rings. The number of fused-ring (bicyclic) bond motifs is 1. The number of aromatic hydroxyl groups is 1. The van der Waals surface area contributed by atoms with Crippen LogP contribution in [0.3, 0.4) is 0 Å². The molecule has 0 saturated carbocycles. The molecular formula is C17H20F2N3O2SY-. The fourth-order valence-corrected chi connectivity index (χ4v) is 2.92. The molecule has 1 N–H and O–H groups in total. The number of rotatable bonds is 3. The fourth-order valence-electron chi connectivity index (χ4n) is 2.36. The van der Waals surface area contributed by atoms with Gasteiger partial charge in [0.1, 0.15) is 0 Å². The van der Waals surface area contributed by atoms with Crippen molar-refractivity contribution in [3.63, 3.8) is 0 Å². The van der Waals surface area contributed by atoms with Crippen LogP contribution in [0.2, 0.25) is 0 Å². The number of nitrogens with zero attached hydrogens (tertiary/aromatic N) is 3. The van der Waals surface area contributed by atoms with Gasteiger partial charge in [-0.25, -0.2) is 8.78 Å². The molecule has 0 aliphatic rings. The SMILES string of the molecule is CC.Cc1ccccc1-c1c(O)c2nsnc2n(CC(F)F)c1=O.[CH3-].[Y]. The van der Waals surface area contributed by atoms with Crippen molar-refractivity contribution < 1.29 is 46.6 Å². The Morgan fingerprint density at radius 2 is 1.85 bits per heavy atom. The number of benzene rings is 1. The maximum atomic E-state index is 12.8. The van der Waals surface area contributed by atoms with Crippen LogP contribution in [0.1, 0.15) is 19.4 Å². The van der Waals surface area contributed by atoms with Crippen molar-refractivity contribution in [2.75, 3.05) is 0 Å². The fraction of sp³-hybridized carbons (Fsp3) is 0.294. The van der Waals surface area contributed by atoms with Crippen LogP contribution in [0.4, 0.5) is 8.78 Å². The quantitative estimate of drug-likeness (QED) is 0.597. The molecule has 0 aliphatic carbocycles. The van der Waals surface area contributed by atoms with Gasteiger partial charge in [-0.1, -0.05) is 38.1 Å². The van der Waals surface area contributed by atoms with Gasteiger partial charge >= 0.3 is 0 Å². The van der Waals surface area contributed by atoms with E-state index in [1.54, 1.807) is 31.2 Å². The smallest absolute Gasteiger partial charge is 0.264 e. The van der Waals surface area contributed by atoms with Crippen LogP contribution in [0.25, 0.3) is 22.3 Å². The predicted octanol–water partition coefficient (Wildman–Crippen LogP) is 4.27. The number of aryl methyl sites for hydroxylation is 1. The topological polar surface area (TPSA) is 68.0 Å². The second-order valence-corrected chi connectivity index (χ2v) is 5.31. The first-order valence-electron chi connectivity index (χ1n) is 7.43. The normalized spacial score (nSPS) is 9.92. The summed E-state index contributed by atoms with van der Waals surface area (Å²) >= 11 is 0.760. The zero-order valence-corrected chi connectivity index (χ0v) is 18.7. The third-order valence-electron chi connectivity index (χ3n) is 3.38. The second-order valence-electron chi connectivity index (χ2n) is 4.78. The molecule has 2 aromatic heterocycles. The summed E-state index contributed by atoms with van der Waals surface area (Å²) in [7, 11) is 0. The van der Waals surface area contributed by atoms with Crippen molar-refractivity contribution in [2.45, 2.75) is 33.7 Å². The second kappa shape index (κ2) is 10.8. The number of aromatic nitrogens is 3. The molecule has 0 bridgehead atoms. The van der Waals surface area contributed by atoms with Crippen LogP contribution in [-0.4, -0.2) is 24.8 Å². The van der Waals surface area contributed by atoms with Crippen molar-refractivity contribution in [3.05, 3.63) is 47.6 Å². The zero-order chi connectivity index (χ0) is 17.9. The van der Waals surface area contributed by atoms with Gasteiger partial charge in [-0.3, -0.25) is 9.36 Å². The maximum absolute atomic E-state index is 12.8. The zero-order valence-electron chi connectivity index (χ0n) is 15.0. The van der Waals surface area contributed by atoms with Gasteiger partial charge in [-0.15, -0.1) is 0 Å². The number of pyridine rings is 1. The summed E-state index contributed by atoms with van der Waals surface area (Å²) in [5.41, 5.74) is 0.545. The molecule has 1 radical (unpaired) electrons. The first kappa shape index (κ1) is 24.8. The van der Waals surface area contributed by atoms with Crippen LogP contribution in [-0.2, 0) is 39.3 Å². The standard InChI is InChI=1S/C14H11F2N3O2S.C2H6.CH3.Y/c1-7-4-2-3-5-8(7)10-12(20)11-13(18-22-17-11)19(14(10)21)6-9(15)16;1-2;;/h2-5,9,20H,6H2,1H3;1-2H3;1H3;/q;;-1;. The predicted molar refractivity (Wildman–Crippen MR) is 97.3 cm³/mol. The summed E-state index contributed by atoms with van der Waals surface area (Å²) in [6.07, 6.45) is -2.71. The molecule has 0 atom stereocenters. The third kappa shape index (κ3) is 4.72. The van der Waals surface area contributed by atoms with E-state index in [4.69, 9.17) is 0 Å². The first-order chi connectivity index (χ1) is 11.5. The van der Waals surface area contributed by atoms with Gasteiger partial charge in [0.25, 0.3) is 12.0 Å². The Labute approximate surface area is 180 Å². The molecule has 9 heteroatoms. The van der Waals surface area contributed by atoms with Gasteiger partial charge in [0, 0.05) is 32.7 Å². The van der Waals surface area contributed by atoms with Gasteiger partial charge in [0.15, 0.2) is 16.9 Å². The van der Waals surface area contributed by atoms with E-state index in [1.807, 2.05) is 13.8 Å². The Balaban J connectivity index is 0.00000151. The summed E-state index contributed by atoms with van der Waals surface area (Å²) in [6.45, 7) is 4.98. The van der Waals surface area contributed by atoms with Gasteiger partial charge in [0.2, 0.25) is 0 Å². The van der Waals surface area contributed by atoms with E-state index in [0.717, 1.165) is 21.9 Å². The minimum Gasteiger partial charge on any atom is -0.505 e. The third-order valence-corrected chi connectivity index (χ3v) is 3.90. The number of hydrogen-bond donors (Lipinski definition) is 1. The van der Waals surface area contributed by atoms with E-state index in [2.05, 4.69) is 8.75 Å². The van der Waals surface area contributed by atoms with Crippen LogP contribution < -0.4 is 5.56 Å². The summed E-state index contributed by atoms with van der Waals surface area (Å²) in [5.74, 6) is -0.325. The largest absolute Gasteiger partial charge is 0.505 e. The number of halogens is 2. The van der Waals surface area contributed by atoms with Gasteiger partial charge in [-0.2, -0.15) is 8.75 Å². The summed E-state index contributed by atoms with van der Waals surface area (Å²) < 4.78 is 34.2. The number of alkyl halides is 2. The maximum Gasteiger partial charge on any atom is 0.264 e. The van der Waals surface area contributed by atoms with Crippen LogP contribution >= 0.6 is 11.7 Å². The molecule has 0 fully saturated rings. The van der Waals surface area contributed by atoms with Gasteiger partial charge in [-0.05, 0) is 18.1 Å². The van der Waals surface area contributed by atoms with E-state index in [-0.39, 0.29) is 62.6 Å². The molecule has 2 heterocycles. The molecule has 0 saturated heterocycles. The van der Waals surface area contributed by atoms with E-state index in [1.165, 1.54) is 0 Å². The average Bonchev–Trinajstić information content (AvgIpc) is 3.05. The molecule has 0 aliphatic heterocycles. The first-order valence-corrected chi connectivity index (χ1v) is 8.16. The average molecular weight is 457 g/mol. The summed E-state index contributed by atoms with van der Waals surface area (Å²) in [5, 5.41) is 10.4. The molecule has 5 nitrogen and oxygen atoms in total. The van der Waals surface area contributed by atoms with Gasteiger partial charge in [0.05, 0.1) is 23.8 Å². The van der Waals surface area contributed by atoms with Gasteiger partial charge < -0.3 is 12.5 Å². The Kier molecular flexibility index (Phi) is 10.3. The molecule has 0 unspecified atom stereocenters. The molecular weight excluding hydrogens is 437 g/mol. The van der Waals surface area contributed by atoms with E-state index < -0.39 is 18.5 Å². The van der Waals surface area contributed by atoms with Crippen LogP contribution in [0, 0.1) is 14.4 Å². The Morgan fingerprint density at radius 1 is 1.23 bits per heavy atom. The molecule has 0 amide bonds. The van der Waals surface area contributed by atoms with Crippen molar-refractivity contribution in [2.24, 2.45) is 0 Å². The molecule has 26 heavy (non-hydrogen) atoms. The minimum atomic E-state index is -2.71. The van der Waals surface area contributed by atoms with Crippen molar-refractivity contribution in [1.82, 2.24) is 13.3 Å². The van der Waals surface area contributed by atoms with E-state index >= 15 is 0 Å². The monoisotopic (exact) mass is 457 g/mol. The number of hydrogen-bond acceptors (Lipinski definition) is 5. The van der Waals surface area contributed by atoms with Crippen molar-refractivity contribution in [1.29, 1.82) is 0 Å². The van der Waals surface area contributed by atoms with Crippen molar-refractivity contribution in [3.8, 4) is 16.9 Å². The minimum absolute atomic E-state index is 0. The molecule has 3 rings (SSSR count). The Morgan fingerprint density at radius 3 is 2.42 bits per heavy atom. The molecule has 139 valence electrons. The Bertz CT molecular complexity index is 913. The summed E-state index contributed by atoms with van der Waals surface area (Å²) in [4.78, 5) is 12.6. The van der Waals surface area contributed by atoms with E-state index in [0.29, 0.717) is 5.56 Å². The van der Waals surface area contributed by atoms with Crippen LogP contribution in [0.5, 0.6) is 5.75 Å². The Hall–Kier alpha value is -1.25. The van der Waals surface area contributed by atoms with Crippen LogP contribution in [0.15, 0.2) is 29.1 Å². The molecule has 0 spiro atoms. The summed E-state index contributed by atoms with van der Waals surface area (Å²) in [6, 6.07) is 6.93. The van der Waals surface area contributed by atoms with Crippen molar-refractivity contribution >= 4 is 22.9 Å². The molecule has 1 aromatic carbocycles.